The highest BCUT2D eigenvalue weighted by molar-refractivity contribution is 6.66. The van der Waals surface area contributed by atoms with Crippen LogP contribution in [0.15, 0.2) is 12.1 Å². The normalized spacial score (nSPS) is 11.2. The average molecular weight is 365 g/mol. The number of pyridine rings is 1. The van der Waals surface area contributed by atoms with Gasteiger partial charge in [0.05, 0.1) is 0 Å². The van der Waals surface area contributed by atoms with E-state index in [1.165, 1.54) is 12.1 Å². The SMILES string of the molecule is O=C(CCCCl)NNc1cc(C(Cl)(Cl)Cl)cc(Cl)n1. The van der Waals surface area contributed by atoms with E-state index in [0.29, 0.717) is 24.3 Å². The summed E-state index contributed by atoms with van der Waals surface area (Å²) in [6, 6.07) is 2.90. The fraction of sp³-hybridized carbons (Fsp3) is 0.400. The Labute approximate surface area is 135 Å². The van der Waals surface area contributed by atoms with Crippen LogP contribution in [0.1, 0.15) is 18.4 Å². The predicted octanol–water partition coefficient (Wildman–Crippen LogP) is 4.02. The van der Waals surface area contributed by atoms with Crippen LogP contribution in [-0.2, 0) is 8.59 Å². The number of nitrogens with one attached hydrogen (secondary N) is 2. The number of halogens is 5. The maximum Gasteiger partial charge on any atom is 0.238 e. The smallest absolute Gasteiger partial charge is 0.238 e. The van der Waals surface area contributed by atoms with E-state index in [0.717, 1.165) is 0 Å². The van der Waals surface area contributed by atoms with Gasteiger partial charge in [0.25, 0.3) is 0 Å². The molecule has 0 spiro atoms. The minimum absolute atomic E-state index is 0.140. The maximum absolute atomic E-state index is 11.4. The Morgan fingerprint density at radius 2 is 2.00 bits per heavy atom. The van der Waals surface area contributed by atoms with Crippen LogP contribution in [-0.4, -0.2) is 16.8 Å². The molecule has 0 radical (unpaired) electrons. The molecular formula is C10H10Cl5N3O. The van der Waals surface area contributed by atoms with Crippen LogP contribution < -0.4 is 10.9 Å². The molecule has 1 heterocycles. The van der Waals surface area contributed by atoms with E-state index < -0.39 is 3.79 Å². The largest absolute Gasteiger partial charge is 0.282 e. The third-order valence-corrected chi connectivity index (χ3v) is 3.10. The Balaban J connectivity index is 2.69. The Hall–Kier alpha value is -0.130. The van der Waals surface area contributed by atoms with Crippen molar-refractivity contribution in [2.75, 3.05) is 11.3 Å². The van der Waals surface area contributed by atoms with Gasteiger partial charge in [0.15, 0.2) is 0 Å². The van der Waals surface area contributed by atoms with Crippen molar-refractivity contribution in [1.29, 1.82) is 0 Å². The Kier molecular flexibility index (Phi) is 6.77. The van der Waals surface area contributed by atoms with Gasteiger partial charge < -0.3 is 0 Å². The van der Waals surface area contributed by atoms with Crippen LogP contribution in [0.3, 0.4) is 0 Å². The van der Waals surface area contributed by atoms with E-state index in [4.69, 9.17) is 58.0 Å². The molecule has 0 aliphatic heterocycles. The molecule has 1 aromatic heterocycles. The number of nitrogens with zero attached hydrogens (tertiary/aromatic N) is 1. The van der Waals surface area contributed by atoms with E-state index in [-0.39, 0.29) is 16.9 Å². The van der Waals surface area contributed by atoms with E-state index in [2.05, 4.69) is 15.8 Å². The van der Waals surface area contributed by atoms with Crippen molar-refractivity contribution in [2.45, 2.75) is 16.6 Å². The van der Waals surface area contributed by atoms with Crippen LogP contribution in [0.5, 0.6) is 0 Å². The highest BCUT2D eigenvalue weighted by Gasteiger charge is 2.24. The molecule has 0 aliphatic rings. The van der Waals surface area contributed by atoms with Crippen molar-refractivity contribution in [1.82, 2.24) is 10.4 Å². The van der Waals surface area contributed by atoms with E-state index in [1.807, 2.05) is 0 Å². The van der Waals surface area contributed by atoms with Crippen LogP contribution in [0.2, 0.25) is 5.15 Å². The predicted molar refractivity (Wildman–Crippen MR) is 80.2 cm³/mol. The minimum atomic E-state index is -1.62. The minimum Gasteiger partial charge on any atom is -0.282 e. The Bertz CT molecular complexity index is 449. The first kappa shape index (κ1) is 16.9. The molecule has 1 rings (SSSR count). The van der Waals surface area contributed by atoms with Gasteiger partial charge in [0.1, 0.15) is 11.0 Å². The molecule has 0 bridgehead atoms. The van der Waals surface area contributed by atoms with E-state index in [1.54, 1.807) is 0 Å². The number of amides is 1. The van der Waals surface area contributed by atoms with Gasteiger partial charge in [0.2, 0.25) is 9.70 Å². The molecule has 0 saturated heterocycles. The number of carbonyl (C=O) groups is 1. The second kappa shape index (κ2) is 7.60. The zero-order chi connectivity index (χ0) is 14.5. The van der Waals surface area contributed by atoms with Gasteiger partial charge >= 0.3 is 0 Å². The molecule has 0 fully saturated rings. The number of hydrazine groups is 1. The van der Waals surface area contributed by atoms with Crippen LogP contribution >= 0.6 is 58.0 Å². The third kappa shape index (κ3) is 6.23. The molecule has 1 aromatic rings. The Morgan fingerprint density at radius 3 is 2.58 bits per heavy atom. The summed E-state index contributed by atoms with van der Waals surface area (Å²) in [5, 5.41) is 0.140. The van der Waals surface area contributed by atoms with Crippen molar-refractivity contribution in [3.63, 3.8) is 0 Å². The van der Waals surface area contributed by atoms with Gasteiger partial charge in [0, 0.05) is 17.9 Å². The van der Waals surface area contributed by atoms with Gasteiger partial charge in [-0.3, -0.25) is 15.6 Å². The summed E-state index contributed by atoms with van der Waals surface area (Å²) < 4.78 is -1.62. The quantitative estimate of drug-likeness (QED) is 0.471. The number of anilines is 1. The van der Waals surface area contributed by atoms with E-state index in [9.17, 15) is 4.79 Å². The van der Waals surface area contributed by atoms with Gasteiger partial charge in [-0.05, 0) is 18.6 Å². The maximum atomic E-state index is 11.4. The molecule has 0 aliphatic carbocycles. The standard InChI is InChI=1S/C10H10Cl5N3O/c11-3-1-2-9(19)18-17-8-5-6(10(13,14)15)4-7(12)16-8/h4-5H,1-3H2,(H,16,17)(H,18,19). The van der Waals surface area contributed by atoms with Crippen molar-refractivity contribution < 1.29 is 4.79 Å². The lowest BCUT2D eigenvalue weighted by Gasteiger charge is -2.14. The summed E-state index contributed by atoms with van der Waals surface area (Å²) in [5.41, 5.74) is 5.38. The number of alkyl halides is 4. The molecule has 106 valence electrons. The van der Waals surface area contributed by atoms with Crippen LogP contribution in [0.4, 0.5) is 5.82 Å². The first-order valence-corrected chi connectivity index (χ1v) is 7.23. The fourth-order valence-corrected chi connectivity index (χ4v) is 1.82. The van der Waals surface area contributed by atoms with Crippen molar-refractivity contribution in [3.8, 4) is 0 Å². The number of carbonyl (C=O) groups excluding carboxylic acids is 1. The third-order valence-electron chi connectivity index (χ3n) is 1.99. The second-order valence-electron chi connectivity index (χ2n) is 3.53. The van der Waals surface area contributed by atoms with Gasteiger partial charge in [-0.25, -0.2) is 4.98 Å². The topological polar surface area (TPSA) is 54.0 Å². The number of rotatable bonds is 5. The highest BCUT2D eigenvalue weighted by atomic mass is 35.6. The van der Waals surface area contributed by atoms with Crippen molar-refractivity contribution >= 4 is 69.7 Å². The van der Waals surface area contributed by atoms with Gasteiger partial charge in [-0.1, -0.05) is 46.4 Å². The zero-order valence-electron chi connectivity index (χ0n) is 9.52. The molecule has 0 atom stereocenters. The monoisotopic (exact) mass is 363 g/mol. The Morgan fingerprint density at radius 1 is 1.32 bits per heavy atom. The lowest BCUT2D eigenvalue weighted by molar-refractivity contribution is -0.120. The summed E-state index contributed by atoms with van der Waals surface area (Å²) in [6.45, 7) is 0. The zero-order valence-corrected chi connectivity index (χ0v) is 13.3. The summed E-state index contributed by atoms with van der Waals surface area (Å²) in [6.07, 6.45) is 0.881. The first-order chi connectivity index (χ1) is 8.82. The van der Waals surface area contributed by atoms with Crippen molar-refractivity contribution in [2.24, 2.45) is 0 Å². The second-order valence-corrected chi connectivity index (χ2v) is 6.57. The molecule has 19 heavy (non-hydrogen) atoms. The van der Waals surface area contributed by atoms with E-state index >= 15 is 0 Å². The summed E-state index contributed by atoms with van der Waals surface area (Å²) >= 11 is 28.5. The molecule has 2 N–H and O–H groups in total. The first-order valence-electron chi connectivity index (χ1n) is 5.18. The van der Waals surface area contributed by atoms with Crippen LogP contribution in [0.25, 0.3) is 0 Å². The van der Waals surface area contributed by atoms with Gasteiger partial charge in [-0.2, -0.15) is 0 Å². The molecule has 1 amide bonds. The molecular weight excluding hydrogens is 355 g/mol. The number of aromatic nitrogens is 1. The summed E-state index contributed by atoms with van der Waals surface area (Å²) in [7, 11) is 0. The number of hydrogen-bond acceptors (Lipinski definition) is 3. The molecule has 0 unspecified atom stereocenters. The fourth-order valence-electron chi connectivity index (χ4n) is 1.15. The van der Waals surface area contributed by atoms with Crippen LogP contribution in [0, 0.1) is 0 Å². The molecule has 0 aromatic carbocycles. The summed E-state index contributed by atoms with van der Waals surface area (Å²) in [4.78, 5) is 15.3. The number of hydrogen-bond donors (Lipinski definition) is 2. The molecule has 9 heteroatoms. The average Bonchev–Trinajstić information content (AvgIpc) is 2.32. The lowest BCUT2D eigenvalue weighted by Crippen LogP contribution is -2.29. The molecule has 0 saturated carbocycles. The van der Waals surface area contributed by atoms with Gasteiger partial charge in [-0.15, -0.1) is 11.6 Å². The van der Waals surface area contributed by atoms with Crippen molar-refractivity contribution in [3.05, 3.63) is 22.8 Å². The lowest BCUT2D eigenvalue weighted by atomic mass is 10.3. The summed E-state index contributed by atoms with van der Waals surface area (Å²) in [5.74, 6) is 0.464. The highest BCUT2D eigenvalue weighted by Crippen LogP contribution is 2.39. The molecule has 4 nitrogen and oxygen atoms in total.